The van der Waals surface area contributed by atoms with E-state index in [1.807, 2.05) is 0 Å². The minimum Gasteiger partial charge on any atom is -0.457 e. The molecule has 1 aromatic rings. The highest BCUT2D eigenvalue weighted by Crippen LogP contribution is 2.26. The Labute approximate surface area is 118 Å². The second-order valence-corrected chi connectivity index (χ2v) is 5.30. The van der Waals surface area contributed by atoms with Crippen molar-refractivity contribution in [1.29, 1.82) is 0 Å². The van der Waals surface area contributed by atoms with Crippen molar-refractivity contribution in [2.24, 2.45) is 0 Å². The number of pyridine rings is 1. The second-order valence-electron chi connectivity index (χ2n) is 5.30. The largest absolute Gasteiger partial charge is 0.457 e. The first-order chi connectivity index (χ1) is 9.20. The van der Waals surface area contributed by atoms with Gasteiger partial charge in [-0.15, -0.1) is 0 Å². The summed E-state index contributed by atoms with van der Waals surface area (Å²) in [6.07, 6.45) is 2.21. The maximum Gasteiger partial charge on any atom is 0.338 e. The van der Waals surface area contributed by atoms with Crippen LogP contribution in [0.25, 0.3) is 0 Å². The monoisotopic (exact) mass is 277 g/mol. The van der Waals surface area contributed by atoms with E-state index < -0.39 is 23.6 Å². The fourth-order valence-electron chi connectivity index (χ4n) is 1.49. The van der Waals surface area contributed by atoms with Crippen LogP contribution in [0, 0.1) is 0 Å². The first kappa shape index (κ1) is 15.9. The van der Waals surface area contributed by atoms with Crippen LogP contribution in [0.2, 0.25) is 0 Å². The van der Waals surface area contributed by atoms with E-state index in [4.69, 9.17) is 9.47 Å². The highest BCUT2D eigenvalue weighted by molar-refractivity contribution is 5.90. The van der Waals surface area contributed by atoms with Gasteiger partial charge in [-0.25, -0.2) is 4.79 Å². The molecule has 0 saturated carbocycles. The van der Waals surface area contributed by atoms with Crippen LogP contribution in [0.4, 0.5) is 0 Å². The molecule has 0 bridgehead atoms. The molecule has 20 heavy (non-hydrogen) atoms. The molecule has 0 spiro atoms. The average molecular weight is 277 g/mol. The standard InChI is InChI=1S/C15H19NO4/c1-10(14(18)20-15(3,4)5)13(19-11(2)17)12-7-6-8-16-9-12/h6-9,13H,1H2,2-5H3. The fraction of sp³-hybridized carbons (Fsp3) is 0.400. The molecule has 0 saturated heterocycles. The van der Waals surface area contributed by atoms with Crippen molar-refractivity contribution in [1.82, 2.24) is 4.98 Å². The number of carbonyl (C=O) groups excluding carboxylic acids is 2. The smallest absolute Gasteiger partial charge is 0.338 e. The molecule has 0 fully saturated rings. The van der Waals surface area contributed by atoms with Crippen molar-refractivity contribution in [3.8, 4) is 0 Å². The lowest BCUT2D eigenvalue weighted by Crippen LogP contribution is -2.27. The van der Waals surface area contributed by atoms with Crippen molar-refractivity contribution in [3.05, 3.63) is 42.2 Å². The average Bonchev–Trinajstić information content (AvgIpc) is 2.34. The lowest BCUT2D eigenvalue weighted by Gasteiger charge is -2.23. The number of esters is 2. The van der Waals surface area contributed by atoms with Crippen LogP contribution in [0.1, 0.15) is 39.4 Å². The lowest BCUT2D eigenvalue weighted by molar-refractivity contribution is -0.153. The van der Waals surface area contributed by atoms with Crippen LogP contribution in [0.3, 0.4) is 0 Å². The van der Waals surface area contributed by atoms with Crippen LogP contribution in [0.15, 0.2) is 36.7 Å². The maximum atomic E-state index is 12.0. The molecule has 0 radical (unpaired) electrons. The Morgan fingerprint density at radius 1 is 1.35 bits per heavy atom. The van der Waals surface area contributed by atoms with E-state index in [-0.39, 0.29) is 5.57 Å². The van der Waals surface area contributed by atoms with E-state index >= 15 is 0 Å². The van der Waals surface area contributed by atoms with Gasteiger partial charge in [0.2, 0.25) is 0 Å². The van der Waals surface area contributed by atoms with Gasteiger partial charge < -0.3 is 9.47 Å². The van der Waals surface area contributed by atoms with Gasteiger partial charge in [0.05, 0.1) is 5.57 Å². The molecule has 0 aromatic carbocycles. The van der Waals surface area contributed by atoms with Crippen molar-refractivity contribution < 1.29 is 19.1 Å². The molecular weight excluding hydrogens is 258 g/mol. The molecule has 0 aliphatic carbocycles. The van der Waals surface area contributed by atoms with Crippen molar-refractivity contribution in [2.75, 3.05) is 0 Å². The van der Waals surface area contributed by atoms with Crippen LogP contribution in [-0.2, 0) is 19.1 Å². The number of ether oxygens (including phenoxy) is 2. The predicted molar refractivity (Wildman–Crippen MR) is 73.7 cm³/mol. The van der Waals surface area contributed by atoms with Crippen LogP contribution in [-0.4, -0.2) is 22.5 Å². The van der Waals surface area contributed by atoms with Gasteiger partial charge in [-0.1, -0.05) is 12.6 Å². The van der Waals surface area contributed by atoms with Crippen molar-refractivity contribution in [3.63, 3.8) is 0 Å². The van der Waals surface area contributed by atoms with Gasteiger partial charge in [0.1, 0.15) is 5.60 Å². The van der Waals surface area contributed by atoms with E-state index in [0.717, 1.165) is 0 Å². The summed E-state index contributed by atoms with van der Waals surface area (Å²) < 4.78 is 10.4. The molecule has 0 aliphatic rings. The van der Waals surface area contributed by atoms with Gasteiger partial charge >= 0.3 is 11.9 Å². The molecule has 1 atom stereocenters. The first-order valence-corrected chi connectivity index (χ1v) is 6.20. The zero-order valence-electron chi connectivity index (χ0n) is 12.2. The van der Waals surface area contributed by atoms with Crippen molar-refractivity contribution in [2.45, 2.75) is 39.4 Å². The molecule has 0 aliphatic heterocycles. The van der Waals surface area contributed by atoms with E-state index in [0.29, 0.717) is 5.56 Å². The summed E-state index contributed by atoms with van der Waals surface area (Å²) >= 11 is 0. The first-order valence-electron chi connectivity index (χ1n) is 6.20. The Kier molecular flexibility index (Phi) is 5.02. The zero-order valence-corrected chi connectivity index (χ0v) is 12.2. The second kappa shape index (κ2) is 6.32. The minimum atomic E-state index is -0.893. The molecule has 1 heterocycles. The van der Waals surface area contributed by atoms with Crippen LogP contribution < -0.4 is 0 Å². The van der Waals surface area contributed by atoms with Crippen molar-refractivity contribution >= 4 is 11.9 Å². The fourth-order valence-corrected chi connectivity index (χ4v) is 1.49. The molecule has 1 unspecified atom stereocenters. The quantitative estimate of drug-likeness (QED) is 0.625. The summed E-state index contributed by atoms with van der Waals surface area (Å²) in [5.41, 5.74) is -0.0166. The van der Waals surface area contributed by atoms with Gasteiger partial charge in [0, 0.05) is 24.9 Å². The summed E-state index contributed by atoms with van der Waals surface area (Å²) in [5, 5.41) is 0. The number of hydrogen-bond acceptors (Lipinski definition) is 5. The molecule has 108 valence electrons. The highest BCUT2D eigenvalue weighted by atomic mass is 16.6. The molecule has 0 N–H and O–H groups in total. The van der Waals surface area contributed by atoms with Gasteiger partial charge in [0.15, 0.2) is 6.10 Å². The molecular formula is C15H19NO4. The van der Waals surface area contributed by atoms with Crippen LogP contribution in [0.5, 0.6) is 0 Å². The summed E-state index contributed by atoms with van der Waals surface area (Å²) in [6.45, 7) is 10.2. The molecule has 1 aromatic heterocycles. The van der Waals surface area contributed by atoms with Gasteiger partial charge in [-0.2, -0.15) is 0 Å². The molecule has 5 heteroatoms. The topological polar surface area (TPSA) is 65.5 Å². The Morgan fingerprint density at radius 2 is 2.00 bits per heavy atom. The van der Waals surface area contributed by atoms with Gasteiger partial charge in [-0.05, 0) is 26.8 Å². The predicted octanol–water partition coefficient (Wildman–Crippen LogP) is 2.58. The molecule has 5 nitrogen and oxygen atoms in total. The van der Waals surface area contributed by atoms with E-state index in [2.05, 4.69) is 11.6 Å². The Hall–Kier alpha value is -2.17. The summed E-state index contributed by atoms with van der Waals surface area (Å²) in [4.78, 5) is 27.2. The summed E-state index contributed by atoms with van der Waals surface area (Å²) in [5.74, 6) is -1.11. The third kappa shape index (κ3) is 4.84. The maximum absolute atomic E-state index is 12.0. The summed E-state index contributed by atoms with van der Waals surface area (Å²) in [6, 6.07) is 3.39. The number of aromatic nitrogens is 1. The zero-order chi connectivity index (χ0) is 15.3. The Balaban J connectivity index is 2.97. The van der Waals surface area contributed by atoms with Gasteiger partial charge in [-0.3, -0.25) is 9.78 Å². The Bertz CT molecular complexity index is 502. The molecule has 1 rings (SSSR count). The number of carbonyl (C=O) groups is 2. The number of rotatable bonds is 4. The van der Waals surface area contributed by atoms with E-state index in [1.165, 1.54) is 13.1 Å². The number of hydrogen-bond donors (Lipinski definition) is 0. The van der Waals surface area contributed by atoms with Gasteiger partial charge in [0.25, 0.3) is 0 Å². The minimum absolute atomic E-state index is 0.0584. The normalized spacial score (nSPS) is 12.4. The van der Waals surface area contributed by atoms with E-state index in [9.17, 15) is 9.59 Å². The highest BCUT2D eigenvalue weighted by Gasteiger charge is 2.28. The SMILES string of the molecule is C=C(C(=O)OC(C)(C)C)C(OC(C)=O)c1cccnc1. The summed E-state index contributed by atoms with van der Waals surface area (Å²) in [7, 11) is 0. The van der Waals surface area contributed by atoms with E-state index in [1.54, 1.807) is 39.1 Å². The lowest BCUT2D eigenvalue weighted by atomic mass is 10.0. The molecule has 0 amide bonds. The van der Waals surface area contributed by atoms with Crippen LogP contribution >= 0.6 is 0 Å². The Morgan fingerprint density at radius 3 is 2.45 bits per heavy atom. The third-order valence-corrected chi connectivity index (χ3v) is 2.25. The third-order valence-electron chi connectivity index (χ3n) is 2.25. The number of nitrogens with zero attached hydrogens (tertiary/aromatic N) is 1.